The highest BCUT2D eigenvalue weighted by Crippen LogP contribution is 2.30. The number of ether oxygens (including phenoxy) is 1. The number of rotatable bonds is 7. The van der Waals surface area contributed by atoms with E-state index in [1.54, 1.807) is 7.11 Å². The number of methoxy groups -OCH3 is 1. The zero-order valence-corrected chi connectivity index (χ0v) is 14.8. The van der Waals surface area contributed by atoms with Crippen LogP contribution in [0.25, 0.3) is 11.1 Å². The second-order valence-electron chi connectivity index (χ2n) is 6.07. The smallest absolute Gasteiger partial charge is 0.126 e. The van der Waals surface area contributed by atoms with Crippen molar-refractivity contribution >= 4 is 0 Å². The summed E-state index contributed by atoms with van der Waals surface area (Å²) in [5, 5.41) is 3.56. The first-order valence-electron chi connectivity index (χ1n) is 8.64. The van der Waals surface area contributed by atoms with E-state index in [0.717, 1.165) is 30.0 Å². The van der Waals surface area contributed by atoms with Gasteiger partial charge in [-0.3, -0.25) is 4.98 Å². The van der Waals surface area contributed by atoms with Gasteiger partial charge in [-0.1, -0.05) is 48.5 Å². The maximum absolute atomic E-state index is 5.45. The van der Waals surface area contributed by atoms with E-state index in [0.29, 0.717) is 6.04 Å². The van der Waals surface area contributed by atoms with Crippen molar-refractivity contribution in [2.75, 3.05) is 13.7 Å². The quantitative estimate of drug-likeness (QED) is 0.684. The van der Waals surface area contributed by atoms with Crippen molar-refractivity contribution in [3.63, 3.8) is 0 Å². The molecule has 0 saturated heterocycles. The summed E-state index contributed by atoms with van der Waals surface area (Å²) >= 11 is 0. The number of hydrogen-bond donors (Lipinski definition) is 1. The monoisotopic (exact) mass is 332 g/mol. The predicted molar refractivity (Wildman–Crippen MR) is 103 cm³/mol. The predicted octanol–water partition coefficient (Wildman–Crippen LogP) is 4.65. The molecule has 3 nitrogen and oxygen atoms in total. The SMILES string of the molecule is COc1ccccc1-c1ccc(C(C)NCCc2ccccn2)cc1. The fourth-order valence-corrected chi connectivity index (χ4v) is 2.92. The van der Waals surface area contributed by atoms with Gasteiger partial charge < -0.3 is 10.1 Å². The van der Waals surface area contributed by atoms with Gasteiger partial charge in [0.15, 0.2) is 0 Å². The highest BCUT2D eigenvalue weighted by atomic mass is 16.5. The van der Waals surface area contributed by atoms with E-state index >= 15 is 0 Å². The van der Waals surface area contributed by atoms with Gasteiger partial charge in [-0.05, 0) is 36.2 Å². The summed E-state index contributed by atoms with van der Waals surface area (Å²) in [4.78, 5) is 4.36. The average Bonchev–Trinajstić information content (AvgIpc) is 2.69. The van der Waals surface area contributed by atoms with Crippen LogP contribution in [0.2, 0.25) is 0 Å². The summed E-state index contributed by atoms with van der Waals surface area (Å²) in [6.07, 6.45) is 2.78. The molecule has 3 heteroatoms. The Bertz CT molecular complexity index is 785. The van der Waals surface area contributed by atoms with E-state index in [4.69, 9.17) is 4.74 Å². The summed E-state index contributed by atoms with van der Waals surface area (Å²) in [5.74, 6) is 0.900. The molecule has 128 valence electrons. The molecule has 1 heterocycles. The van der Waals surface area contributed by atoms with E-state index in [9.17, 15) is 0 Å². The molecule has 0 amide bonds. The Hall–Kier alpha value is -2.65. The van der Waals surface area contributed by atoms with Gasteiger partial charge in [-0.25, -0.2) is 0 Å². The van der Waals surface area contributed by atoms with Crippen molar-refractivity contribution in [1.82, 2.24) is 10.3 Å². The number of hydrogen-bond acceptors (Lipinski definition) is 3. The highest BCUT2D eigenvalue weighted by molar-refractivity contribution is 5.70. The van der Waals surface area contributed by atoms with Gasteiger partial charge in [0.05, 0.1) is 7.11 Å². The molecule has 0 fully saturated rings. The van der Waals surface area contributed by atoms with Gasteiger partial charge in [0, 0.05) is 36.5 Å². The second kappa shape index (κ2) is 8.45. The van der Waals surface area contributed by atoms with Gasteiger partial charge in [-0.15, -0.1) is 0 Å². The van der Waals surface area contributed by atoms with Crippen LogP contribution in [0.1, 0.15) is 24.2 Å². The topological polar surface area (TPSA) is 34.1 Å². The van der Waals surface area contributed by atoms with Gasteiger partial charge in [0.25, 0.3) is 0 Å². The number of aromatic nitrogens is 1. The summed E-state index contributed by atoms with van der Waals surface area (Å²) in [6, 6.07) is 23.1. The average molecular weight is 332 g/mol. The van der Waals surface area contributed by atoms with Crippen LogP contribution in [0.5, 0.6) is 5.75 Å². The van der Waals surface area contributed by atoms with Crippen LogP contribution in [-0.2, 0) is 6.42 Å². The molecular weight excluding hydrogens is 308 g/mol. The van der Waals surface area contributed by atoms with Crippen molar-refractivity contribution < 1.29 is 4.74 Å². The maximum atomic E-state index is 5.45. The number of nitrogens with zero attached hydrogens (tertiary/aromatic N) is 1. The first kappa shape index (κ1) is 17.2. The lowest BCUT2D eigenvalue weighted by Gasteiger charge is -2.15. The summed E-state index contributed by atoms with van der Waals surface area (Å²) in [7, 11) is 1.71. The molecule has 3 aromatic rings. The van der Waals surface area contributed by atoms with E-state index < -0.39 is 0 Å². The van der Waals surface area contributed by atoms with Crippen LogP contribution in [0.15, 0.2) is 72.9 Å². The van der Waals surface area contributed by atoms with Gasteiger partial charge in [0.1, 0.15) is 5.75 Å². The molecule has 1 unspecified atom stereocenters. The normalized spacial score (nSPS) is 11.9. The third kappa shape index (κ3) is 4.46. The van der Waals surface area contributed by atoms with Crippen molar-refractivity contribution in [1.29, 1.82) is 0 Å². The molecule has 3 rings (SSSR count). The van der Waals surface area contributed by atoms with Crippen LogP contribution < -0.4 is 10.1 Å². The van der Waals surface area contributed by atoms with Crippen LogP contribution in [0.4, 0.5) is 0 Å². The Morgan fingerprint density at radius 3 is 2.44 bits per heavy atom. The maximum Gasteiger partial charge on any atom is 0.126 e. The number of benzene rings is 2. The first-order chi connectivity index (χ1) is 12.3. The Morgan fingerprint density at radius 1 is 0.960 bits per heavy atom. The zero-order valence-electron chi connectivity index (χ0n) is 14.8. The lowest BCUT2D eigenvalue weighted by molar-refractivity contribution is 0.416. The zero-order chi connectivity index (χ0) is 17.5. The van der Waals surface area contributed by atoms with Crippen molar-refractivity contribution in [2.45, 2.75) is 19.4 Å². The molecule has 0 aliphatic heterocycles. The molecule has 0 bridgehead atoms. The summed E-state index contributed by atoms with van der Waals surface area (Å²) in [5.41, 5.74) is 4.68. The van der Waals surface area contributed by atoms with Crippen LogP contribution >= 0.6 is 0 Å². The Balaban J connectivity index is 1.61. The number of nitrogens with one attached hydrogen (secondary N) is 1. The molecule has 25 heavy (non-hydrogen) atoms. The van der Waals surface area contributed by atoms with Crippen LogP contribution in [0.3, 0.4) is 0 Å². The molecule has 2 aromatic carbocycles. The molecule has 1 aromatic heterocycles. The first-order valence-corrected chi connectivity index (χ1v) is 8.64. The minimum absolute atomic E-state index is 0.301. The molecule has 0 saturated carbocycles. The van der Waals surface area contributed by atoms with E-state index in [1.807, 2.05) is 36.5 Å². The minimum Gasteiger partial charge on any atom is -0.496 e. The molecule has 1 atom stereocenters. The molecule has 1 N–H and O–H groups in total. The standard InChI is InChI=1S/C22H24N2O/c1-17(23-16-14-20-7-5-6-15-24-20)18-10-12-19(13-11-18)21-8-3-4-9-22(21)25-2/h3-13,15,17,23H,14,16H2,1-2H3. The minimum atomic E-state index is 0.301. The Morgan fingerprint density at radius 2 is 1.72 bits per heavy atom. The van der Waals surface area contributed by atoms with E-state index in [2.05, 4.69) is 53.6 Å². The number of para-hydroxylation sites is 1. The van der Waals surface area contributed by atoms with Crippen molar-refractivity contribution in [3.8, 4) is 16.9 Å². The van der Waals surface area contributed by atoms with Gasteiger partial charge >= 0.3 is 0 Å². The van der Waals surface area contributed by atoms with Crippen molar-refractivity contribution in [3.05, 3.63) is 84.2 Å². The van der Waals surface area contributed by atoms with Gasteiger partial charge in [-0.2, -0.15) is 0 Å². The molecule has 0 aliphatic carbocycles. The summed E-state index contributed by atoms with van der Waals surface area (Å²) < 4.78 is 5.45. The Labute approximate surface area is 149 Å². The number of pyridine rings is 1. The fraction of sp³-hybridized carbons (Fsp3) is 0.227. The lowest BCUT2D eigenvalue weighted by atomic mass is 10.0. The summed E-state index contributed by atoms with van der Waals surface area (Å²) in [6.45, 7) is 3.10. The molecule has 0 spiro atoms. The highest BCUT2D eigenvalue weighted by Gasteiger charge is 2.08. The van der Waals surface area contributed by atoms with Crippen molar-refractivity contribution in [2.24, 2.45) is 0 Å². The van der Waals surface area contributed by atoms with Crippen LogP contribution in [0, 0.1) is 0 Å². The molecule has 0 radical (unpaired) electrons. The molecular formula is C22H24N2O. The Kier molecular flexibility index (Phi) is 5.81. The van der Waals surface area contributed by atoms with Crippen LogP contribution in [-0.4, -0.2) is 18.6 Å². The second-order valence-corrected chi connectivity index (χ2v) is 6.07. The molecule has 0 aliphatic rings. The van der Waals surface area contributed by atoms with E-state index in [1.165, 1.54) is 11.1 Å². The third-order valence-corrected chi connectivity index (χ3v) is 4.39. The third-order valence-electron chi connectivity index (χ3n) is 4.39. The van der Waals surface area contributed by atoms with Gasteiger partial charge in [0.2, 0.25) is 0 Å². The largest absolute Gasteiger partial charge is 0.496 e. The fourth-order valence-electron chi connectivity index (χ4n) is 2.92. The lowest BCUT2D eigenvalue weighted by Crippen LogP contribution is -2.21. The van der Waals surface area contributed by atoms with E-state index in [-0.39, 0.29) is 0 Å².